The Bertz CT molecular complexity index is 864. The van der Waals surface area contributed by atoms with Gasteiger partial charge in [-0.2, -0.15) is 0 Å². The number of nitrogens with two attached hydrogens (primary N) is 1. The Kier molecular flexibility index (Phi) is 5.40. The van der Waals surface area contributed by atoms with Crippen LogP contribution >= 0.6 is 0 Å². The maximum Gasteiger partial charge on any atom is 0.307 e. The third-order valence-electron chi connectivity index (χ3n) is 4.55. The Balaban J connectivity index is 1.73. The molecule has 0 bridgehead atoms. The molecule has 140 valence electrons. The highest BCUT2D eigenvalue weighted by atomic mass is 16.5. The summed E-state index contributed by atoms with van der Waals surface area (Å²) in [6.45, 7) is 0.193. The molecule has 1 fully saturated rings. The molecule has 0 radical (unpaired) electrons. The van der Waals surface area contributed by atoms with Crippen molar-refractivity contribution in [3.05, 3.63) is 54.1 Å². The maximum absolute atomic E-state index is 11.7. The van der Waals surface area contributed by atoms with E-state index in [-0.39, 0.29) is 30.8 Å². The number of carboxylic acid groups (broad SMARTS) is 1. The zero-order chi connectivity index (χ0) is 19.4. The lowest BCUT2D eigenvalue weighted by Gasteiger charge is -2.27. The molecule has 0 spiro atoms. The van der Waals surface area contributed by atoms with Gasteiger partial charge in [0.1, 0.15) is 18.2 Å². The van der Waals surface area contributed by atoms with Crippen LogP contribution in [-0.4, -0.2) is 35.5 Å². The summed E-state index contributed by atoms with van der Waals surface area (Å²) in [4.78, 5) is 22.9. The molecule has 1 saturated heterocycles. The van der Waals surface area contributed by atoms with E-state index in [0.717, 1.165) is 11.1 Å². The SMILES string of the molecule is N=C(N)c1ccc(-c2ccccc2OC[C@@H]2C[C@@H](C(=O)O)CC(=O)N2)cc1. The smallest absolute Gasteiger partial charge is 0.307 e. The van der Waals surface area contributed by atoms with Crippen LogP contribution in [0.2, 0.25) is 0 Å². The van der Waals surface area contributed by atoms with Crippen molar-refractivity contribution in [2.24, 2.45) is 11.7 Å². The Hall–Kier alpha value is -3.35. The summed E-state index contributed by atoms with van der Waals surface area (Å²) >= 11 is 0. The van der Waals surface area contributed by atoms with Crippen LogP contribution in [0.25, 0.3) is 11.1 Å². The number of aliphatic carboxylic acids is 1. The van der Waals surface area contributed by atoms with Crippen molar-refractivity contribution < 1.29 is 19.4 Å². The molecule has 27 heavy (non-hydrogen) atoms. The highest BCUT2D eigenvalue weighted by Crippen LogP contribution is 2.30. The number of rotatable bonds is 6. The molecule has 0 aromatic heterocycles. The molecule has 0 saturated carbocycles. The van der Waals surface area contributed by atoms with Gasteiger partial charge in [-0.3, -0.25) is 15.0 Å². The highest BCUT2D eigenvalue weighted by molar-refractivity contribution is 5.95. The number of nitrogen functional groups attached to an aromatic ring is 1. The average molecular weight is 367 g/mol. The van der Waals surface area contributed by atoms with Crippen molar-refractivity contribution in [1.82, 2.24) is 5.32 Å². The van der Waals surface area contributed by atoms with Crippen molar-refractivity contribution in [3.63, 3.8) is 0 Å². The lowest BCUT2D eigenvalue weighted by atomic mass is 9.92. The Morgan fingerprint density at radius 3 is 2.59 bits per heavy atom. The Morgan fingerprint density at radius 1 is 1.22 bits per heavy atom. The van der Waals surface area contributed by atoms with Crippen LogP contribution < -0.4 is 15.8 Å². The normalized spacial score (nSPS) is 19.2. The topological polar surface area (TPSA) is 126 Å². The molecule has 7 nitrogen and oxygen atoms in total. The molecule has 0 aliphatic carbocycles. The van der Waals surface area contributed by atoms with E-state index in [0.29, 0.717) is 17.7 Å². The van der Waals surface area contributed by atoms with Crippen molar-refractivity contribution in [1.29, 1.82) is 5.41 Å². The number of hydrogen-bond acceptors (Lipinski definition) is 4. The second-order valence-corrected chi connectivity index (χ2v) is 6.54. The third-order valence-corrected chi connectivity index (χ3v) is 4.55. The van der Waals surface area contributed by atoms with Crippen molar-refractivity contribution >= 4 is 17.7 Å². The minimum Gasteiger partial charge on any atom is -0.491 e. The van der Waals surface area contributed by atoms with Gasteiger partial charge in [-0.1, -0.05) is 42.5 Å². The molecular formula is C20H21N3O4. The summed E-state index contributed by atoms with van der Waals surface area (Å²) in [6.07, 6.45) is 0.349. The minimum atomic E-state index is -0.958. The van der Waals surface area contributed by atoms with E-state index in [1.54, 1.807) is 12.1 Å². The predicted octanol–water partition coefficient (Wildman–Crippen LogP) is 2.00. The molecule has 2 atom stereocenters. The van der Waals surface area contributed by atoms with Gasteiger partial charge in [-0.25, -0.2) is 0 Å². The molecule has 1 aliphatic rings. The Morgan fingerprint density at radius 2 is 1.93 bits per heavy atom. The first-order chi connectivity index (χ1) is 12.9. The molecule has 2 aromatic carbocycles. The largest absolute Gasteiger partial charge is 0.491 e. The van der Waals surface area contributed by atoms with Crippen LogP contribution in [-0.2, 0) is 9.59 Å². The number of hydrogen-bond donors (Lipinski definition) is 4. The molecule has 1 amide bonds. The standard InChI is InChI=1S/C20H21N3O4/c21-19(22)13-7-5-12(6-8-13)16-3-1-2-4-17(16)27-11-15-9-14(20(25)26)10-18(24)23-15/h1-8,14-15H,9-11H2,(H3,21,22)(H,23,24)(H,25,26)/t14-,15+/m1/s1. The summed E-state index contributed by atoms with van der Waals surface area (Å²) in [7, 11) is 0. The lowest BCUT2D eigenvalue weighted by Crippen LogP contribution is -2.47. The minimum absolute atomic E-state index is 0.00488. The molecule has 5 N–H and O–H groups in total. The van der Waals surface area contributed by atoms with Crippen LogP contribution in [0.1, 0.15) is 18.4 Å². The molecule has 2 aromatic rings. The predicted molar refractivity (Wildman–Crippen MR) is 101 cm³/mol. The fourth-order valence-corrected chi connectivity index (χ4v) is 3.14. The van der Waals surface area contributed by atoms with Gasteiger partial charge >= 0.3 is 5.97 Å². The van der Waals surface area contributed by atoms with Crippen LogP contribution in [0, 0.1) is 11.3 Å². The van der Waals surface area contributed by atoms with Gasteiger partial charge in [-0.05, 0) is 18.1 Å². The third kappa shape index (κ3) is 4.44. The molecule has 1 heterocycles. The van der Waals surface area contributed by atoms with Crippen LogP contribution in [0.15, 0.2) is 48.5 Å². The highest BCUT2D eigenvalue weighted by Gasteiger charge is 2.31. The number of amides is 1. The quantitative estimate of drug-likeness (QED) is 0.459. The van der Waals surface area contributed by atoms with Crippen LogP contribution in [0.4, 0.5) is 0 Å². The van der Waals surface area contributed by atoms with E-state index < -0.39 is 11.9 Å². The molecule has 1 aliphatic heterocycles. The second kappa shape index (κ2) is 7.90. The second-order valence-electron chi connectivity index (χ2n) is 6.54. The molecule has 0 unspecified atom stereocenters. The fraction of sp³-hybridized carbons (Fsp3) is 0.250. The Labute approximate surface area is 156 Å². The monoisotopic (exact) mass is 367 g/mol. The van der Waals surface area contributed by atoms with Gasteiger partial charge in [0, 0.05) is 17.5 Å². The number of ether oxygens (including phenoxy) is 1. The maximum atomic E-state index is 11.7. The zero-order valence-corrected chi connectivity index (χ0v) is 14.6. The molecule has 3 rings (SSSR count). The first-order valence-corrected chi connectivity index (χ1v) is 8.63. The van der Waals surface area contributed by atoms with Gasteiger partial charge < -0.3 is 20.9 Å². The molecule has 7 heteroatoms. The van der Waals surface area contributed by atoms with Gasteiger partial charge in [0.15, 0.2) is 0 Å². The first-order valence-electron chi connectivity index (χ1n) is 8.63. The lowest BCUT2D eigenvalue weighted by molar-refractivity contribution is -0.146. The van der Waals surface area contributed by atoms with Gasteiger partial charge in [0.25, 0.3) is 0 Å². The average Bonchev–Trinajstić information content (AvgIpc) is 2.66. The van der Waals surface area contributed by atoms with E-state index in [1.165, 1.54) is 0 Å². The summed E-state index contributed by atoms with van der Waals surface area (Å²) in [5.74, 6) is -1.26. The number of carbonyl (C=O) groups is 2. The van der Waals surface area contributed by atoms with Crippen molar-refractivity contribution in [2.75, 3.05) is 6.61 Å². The van der Waals surface area contributed by atoms with Crippen LogP contribution in [0.3, 0.4) is 0 Å². The van der Waals surface area contributed by atoms with Crippen molar-refractivity contribution in [2.45, 2.75) is 18.9 Å². The first kappa shape index (κ1) is 18.4. The van der Waals surface area contributed by atoms with E-state index in [2.05, 4.69) is 5.32 Å². The van der Waals surface area contributed by atoms with E-state index in [4.69, 9.17) is 21.0 Å². The summed E-state index contributed by atoms with van der Waals surface area (Å²) in [5, 5.41) is 19.4. The van der Waals surface area contributed by atoms with E-state index in [9.17, 15) is 9.59 Å². The summed E-state index contributed by atoms with van der Waals surface area (Å²) in [5.41, 5.74) is 7.90. The number of amidine groups is 1. The number of para-hydroxylation sites is 1. The number of nitrogens with one attached hydrogen (secondary N) is 2. The number of carboxylic acids is 1. The number of piperidine rings is 1. The van der Waals surface area contributed by atoms with E-state index in [1.807, 2.05) is 36.4 Å². The fourth-order valence-electron chi connectivity index (χ4n) is 3.14. The summed E-state index contributed by atoms with van der Waals surface area (Å²) < 4.78 is 5.91. The van der Waals surface area contributed by atoms with Crippen LogP contribution in [0.5, 0.6) is 5.75 Å². The van der Waals surface area contributed by atoms with Gasteiger partial charge in [0.2, 0.25) is 5.91 Å². The number of benzene rings is 2. The van der Waals surface area contributed by atoms with Crippen molar-refractivity contribution in [3.8, 4) is 16.9 Å². The van der Waals surface area contributed by atoms with E-state index >= 15 is 0 Å². The molecular weight excluding hydrogens is 346 g/mol. The van der Waals surface area contributed by atoms with Gasteiger partial charge in [0.05, 0.1) is 12.0 Å². The van der Waals surface area contributed by atoms with Gasteiger partial charge in [-0.15, -0.1) is 0 Å². The number of carbonyl (C=O) groups excluding carboxylic acids is 1. The zero-order valence-electron chi connectivity index (χ0n) is 14.6. The summed E-state index contributed by atoms with van der Waals surface area (Å²) in [6, 6.07) is 14.4.